The zero-order valence-corrected chi connectivity index (χ0v) is 13.5. The summed E-state index contributed by atoms with van der Waals surface area (Å²) in [5.74, 6) is 0. The lowest BCUT2D eigenvalue weighted by atomic mass is 10.2. The first kappa shape index (κ1) is 16.4. The highest BCUT2D eigenvalue weighted by Crippen LogP contribution is 2.18. The molecule has 0 amide bonds. The lowest BCUT2D eigenvalue weighted by molar-refractivity contribution is 0.284. The van der Waals surface area contributed by atoms with Crippen molar-refractivity contribution < 1.29 is 8.42 Å². The molecule has 1 heterocycles. The fraction of sp³-hybridized carbons (Fsp3) is 0.600. The van der Waals surface area contributed by atoms with Crippen LogP contribution in [-0.4, -0.2) is 56.9 Å². The van der Waals surface area contributed by atoms with Gasteiger partial charge in [0.05, 0.1) is 4.90 Å². The molecule has 0 aromatic heterocycles. The van der Waals surface area contributed by atoms with Gasteiger partial charge in [-0.1, -0.05) is 17.7 Å². The van der Waals surface area contributed by atoms with E-state index < -0.39 is 10.0 Å². The molecule has 0 aliphatic carbocycles. The number of benzene rings is 1. The highest BCUT2D eigenvalue weighted by Gasteiger charge is 2.26. The van der Waals surface area contributed by atoms with Gasteiger partial charge >= 0.3 is 0 Å². The van der Waals surface area contributed by atoms with Crippen molar-refractivity contribution in [3.05, 3.63) is 29.8 Å². The first-order chi connectivity index (χ1) is 10.0. The van der Waals surface area contributed by atoms with E-state index in [1.54, 1.807) is 16.4 Å². The topological polar surface area (TPSA) is 66.6 Å². The molecule has 5 nitrogen and oxygen atoms in total. The second kappa shape index (κ2) is 7.35. The smallest absolute Gasteiger partial charge is 0.243 e. The van der Waals surface area contributed by atoms with Gasteiger partial charge < -0.3 is 10.6 Å². The Morgan fingerprint density at radius 1 is 1.10 bits per heavy atom. The fourth-order valence-electron chi connectivity index (χ4n) is 2.59. The van der Waals surface area contributed by atoms with Crippen molar-refractivity contribution >= 4 is 10.0 Å². The molecule has 1 fully saturated rings. The summed E-state index contributed by atoms with van der Waals surface area (Å²) in [6.45, 7) is 6.47. The molecule has 0 spiro atoms. The molecule has 1 aliphatic heterocycles. The highest BCUT2D eigenvalue weighted by atomic mass is 32.2. The Labute approximate surface area is 127 Å². The van der Waals surface area contributed by atoms with Crippen molar-refractivity contribution in [2.45, 2.75) is 24.7 Å². The molecule has 0 radical (unpaired) electrons. The summed E-state index contributed by atoms with van der Waals surface area (Å²) in [6.07, 6.45) is 1.83. The minimum absolute atomic E-state index is 0.392. The molecule has 0 atom stereocenters. The first-order valence-corrected chi connectivity index (χ1v) is 8.97. The summed E-state index contributed by atoms with van der Waals surface area (Å²) in [5.41, 5.74) is 6.60. The van der Waals surface area contributed by atoms with Crippen LogP contribution in [0.5, 0.6) is 0 Å². The number of nitrogens with two attached hydrogens (primary N) is 1. The predicted octanol–water partition coefficient (Wildman–Crippen LogP) is 1.04. The summed E-state index contributed by atoms with van der Waals surface area (Å²) < 4.78 is 26.9. The number of hydrogen-bond donors (Lipinski definition) is 1. The van der Waals surface area contributed by atoms with Crippen LogP contribution in [0, 0.1) is 6.92 Å². The van der Waals surface area contributed by atoms with Crippen molar-refractivity contribution in [1.29, 1.82) is 0 Å². The molecule has 0 unspecified atom stereocenters. The SMILES string of the molecule is Cc1ccc(S(=O)(=O)N2CCCN(CCCN)CC2)cc1. The average molecular weight is 311 g/mol. The standard InChI is InChI=1S/C15H25N3O2S/c1-14-4-6-15(7-5-14)21(19,20)18-11-3-10-17(12-13-18)9-2-8-16/h4-7H,2-3,8-13,16H2,1H3. The summed E-state index contributed by atoms with van der Waals surface area (Å²) in [4.78, 5) is 2.70. The molecule has 118 valence electrons. The minimum Gasteiger partial charge on any atom is -0.330 e. The van der Waals surface area contributed by atoms with Gasteiger partial charge in [0.2, 0.25) is 10.0 Å². The quantitative estimate of drug-likeness (QED) is 0.882. The van der Waals surface area contributed by atoms with Crippen LogP contribution in [0.15, 0.2) is 29.2 Å². The lowest BCUT2D eigenvalue weighted by Gasteiger charge is -2.21. The Kier molecular flexibility index (Phi) is 5.75. The Morgan fingerprint density at radius 3 is 2.48 bits per heavy atom. The van der Waals surface area contributed by atoms with Gasteiger partial charge in [-0.05, 0) is 51.5 Å². The molecule has 0 saturated carbocycles. The molecule has 0 bridgehead atoms. The number of aryl methyl sites for hydroxylation is 1. The molecule has 6 heteroatoms. The largest absolute Gasteiger partial charge is 0.330 e. The normalized spacial score (nSPS) is 18.6. The molecular formula is C15H25N3O2S. The third-order valence-electron chi connectivity index (χ3n) is 3.88. The lowest BCUT2D eigenvalue weighted by Crippen LogP contribution is -2.35. The van der Waals surface area contributed by atoms with E-state index in [0.29, 0.717) is 24.5 Å². The Balaban J connectivity index is 2.05. The maximum absolute atomic E-state index is 12.7. The summed E-state index contributed by atoms with van der Waals surface area (Å²) >= 11 is 0. The van der Waals surface area contributed by atoms with Crippen LogP contribution in [0.4, 0.5) is 0 Å². The minimum atomic E-state index is -3.36. The van der Waals surface area contributed by atoms with Gasteiger partial charge in [0.1, 0.15) is 0 Å². The van der Waals surface area contributed by atoms with Crippen molar-refractivity contribution in [3.8, 4) is 0 Å². The average Bonchev–Trinajstić information content (AvgIpc) is 2.71. The Hall–Kier alpha value is -0.950. The zero-order chi connectivity index (χ0) is 15.3. The number of hydrogen-bond acceptors (Lipinski definition) is 4. The molecule has 2 N–H and O–H groups in total. The van der Waals surface area contributed by atoms with Gasteiger partial charge in [-0.15, -0.1) is 0 Å². The van der Waals surface area contributed by atoms with Crippen LogP contribution in [-0.2, 0) is 10.0 Å². The highest BCUT2D eigenvalue weighted by molar-refractivity contribution is 7.89. The molecular weight excluding hydrogens is 286 g/mol. The Bertz CT molecular complexity index is 543. The molecule has 21 heavy (non-hydrogen) atoms. The van der Waals surface area contributed by atoms with Crippen LogP contribution >= 0.6 is 0 Å². The van der Waals surface area contributed by atoms with E-state index in [-0.39, 0.29) is 0 Å². The molecule has 2 rings (SSSR count). The number of sulfonamides is 1. The van der Waals surface area contributed by atoms with Crippen molar-refractivity contribution in [1.82, 2.24) is 9.21 Å². The molecule has 1 aromatic carbocycles. The first-order valence-electron chi connectivity index (χ1n) is 7.53. The second-order valence-corrected chi connectivity index (χ2v) is 7.49. The van der Waals surface area contributed by atoms with E-state index in [4.69, 9.17) is 5.73 Å². The van der Waals surface area contributed by atoms with Crippen LogP contribution in [0.1, 0.15) is 18.4 Å². The molecule has 1 aliphatic rings. The van der Waals surface area contributed by atoms with Gasteiger partial charge in [-0.2, -0.15) is 4.31 Å². The monoisotopic (exact) mass is 311 g/mol. The number of nitrogens with zero attached hydrogens (tertiary/aromatic N) is 2. The molecule has 1 saturated heterocycles. The summed E-state index contributed by atoms with van der Waals surface area (Å²) in [5, 5.41) is 0. The predicted molar refractivity (Wildman–Crippen MR) is 84.7 cm³/mol. The van der Waals surface area contributed by atoms with Crippen LogP contribution in [0.2, 0.25) is 0 Å². The van der Waals surface area contributed by atoms with Gasteiger partial charge in [0.15, 0.2) is 0 Å². The van der Waals surface area contributed by atoms with Gasteiger partial charge in [-0.3, -0.25) is 0 Å². The van der Waals surface area contributed by atoms with E-state index in [1.807, 2.05) is 19.1 Å². The zero-order valence-electron chi connectivity index (χ0n) is 12.7. The third-order valence-corrected chi connectivity index (χ3v) is 5.80. The summed E-state index contributed by atoms with van der Waals surface area (Å²) in [6, 6.07) is 7.08. The van der Waals surface area contributed by atoms with E-state index in [1.165, 1.54) is 0 Å². The second-order valence-electron chi connectivity index (χ2n) is 5.55. The maximum Gasteiger partial charge on any atom is 0.243 e. The van der Waals surface area contributed by atoms with Gasteiger partial charge in [-0.25, -0.2) is 8.42 Å². The van der Waals surface area contributed by atoms with Gasteiger partial charge in [0.25, 0.3) is 0 Å². The van der Waals surface area contributed by atoms with Crippen molar-refractivity contribution in [2.75, 3.05) is 39.3 Å². The van der Waals surface area contributed by atoms with Gasteiger partial charge in [0, 0.05) is 19.6 Å². The maximum atomic E-state index is 12.7. The van der Waals surface area contributed by atoms with E-state index in [9.17, 15) is 8.42 Å². The molecule has 1 aromatic rings. The van der Waals surface area contributed by atoms with E-state index >= 15 is 0 Å². The fourth-order valence-corrected chi connectivity index (χ4v) is 4.06. The van der Waals surface area contributed by atoms with Crippen molar-refractivity contribution in [2.24, 2.45) is 5.73 Å². The Morgan fingerprint density at radius 2 is 1.81 bits per heavy atom. The van der Waals surface area contributed by atoms with Crippen molar-refractivity contribution in [3.63, 3.8) is 0 Å². The van der Waals surface area contributed by atoms with E-state index in [2.05, 4.69) is 4.90 Å². The van der Waals surface area contributed by atoms with Crippen LogP contribution in [0.3, 0.4) is 0 Å². The van der Waals surface area contributed by atoms with E-state index in [0.717, 1.165) is 38.0 Å². The summed E-state index contributed by atoms with van der Waals surface area (Å²) in [7, 11) is -3.36. The number of rotatable bonds is 5. The third kappa shape index (κ3) is 4.26. The van der Waals surface area contributed by atoms with Crippen LogP contribution < -0.4 is 5.73 Å². The van der Waals surface area contributed by atoms with Crippen LogP contribution in [0.25, 0.3) is 0 Å².